The molecule has 1 heterocycles. The summed E-state index contributed by atoms with van der Waals surface area (Å²) in [5.74, 6) is 1.05. The first-order chi connectivity index (χ1) is 9.19. The van der Waals surface area contributed by atoms with Crippen LogP contribution in [0.4, 0.5) is 0 Å². The normalized spacial score (nSPS) is 12.8. The Labute approximate surface area is 125 Å². The van der Waals surface area contributed by atoms with E-state index in [4.69, 9.17) is 0 Å². The van der Waals surface area contributed by atoms with Crippen LogP contribution in [0.1, 0.15) is 33.6 Å². The zero-order chi connectivity index (χ0) is 14.1. The zero-order valence-corrected chi connectivity index (χ0v) is 13.8. The van der Waals surface area contributed by atoms with E-state index in [1.807, 2.05) is 23.3 Å². The highest BCUT2D eigenvalue weighted by Crippen LogP contribution is 2.21. The lowest BCUT2D eigenvalue weighted by molar-refractivity contribution is 0.304. The molecule has 0 amide bonds. The van der Waals surface area contributed by atoms with Gasteiger partial charge in [-0.3, -0.25) is 0 Å². The molecule has 2 nitrogen and oxygen atoms in total. The van der Waals surface area contributed by atoms with Gasteiger partial charge in [0.15, 0.2) is 0 Å². The minimum absolute atomic E-state index is 0.467. The van der Waals surface area contributed by atoms with Crippen molar-refractivity contribution >= 4 is 23.1 Å². The molecule has 106 valence electrons. The van der Waals surface area contributed by atoms with Crippen LogP contribution in [0.3, 0.4) is 0 Å². The quantitative estimate of drug-likeness (QED) is 0.480. The summed E-state index contributed by atoms with van der Waals surface area (Å²) in [5.41, 5.74) is 1.15. The molecule has 0 aliphatic rings. The lowest BCUT2D eigenvalue weighted by Gasteiger charge is -2.31. The number of allylic oxidation sites excluding steroid dienone is 2. The molecule has 1 rings (SSSR count). The Kier molecular flexibility index (Phi) is 7.91. The maximum atomic E-state index is 4.30. The van der Waals surface area contributed by atoms with E-state index in [1.54, 1.807) is 11.3 Å². The monoisotopic (exact) mass is 296 g/mol. The Bertz CT molecular complexity index is 385. The molecule has 0 saturated carbocycles. The average Bonchev–Trinajstić information content (AvgIpc) is 2.90. The van der Waals surface area contributed by atoms with Crippen LogP contribution in [-0.2, 0) is 0 Å². The summed E-state index contributed by atoms with van der Waals surface area (Å²) >= 11 is 3.53. The SMILES string of the molecule is C=C(C)N(CCSc1nccs1)C(/C=C/CC)CC. The second-order valence-electron chi connectivity index (χ2n) is 4.39. The van der Waals surface area contributed by atoms with Crippen molar-refractivity contribution in [2.75, 3.05) is 12.3 Å². The maximum absolute atomic E-state index is 4.30. The first kappa shape index (κ1) is 16.3. The van der Waals surface area contributed by atoms with E-state index in [0.29, 0.717) is 6.04 Å². The standard InChI is InChI=1S/C15H24N2S2/c1-5-7-8-14(6-2)17(13(3)4)10-12-19-15-16-9-11-18-15/h7-9,11,14H,3,5-6,10,12H2,1-2,4H3/b8-7+. The summed E-state index contributed by atoms with van der Waals surface area (Å²) in [7, 11) is 0. The van der Waals surface area contributed by atoms with E-state index < -0.39 is 0 Å². The van der Waals surface area contributed by atoms with Gasteiger partial charge in [0, 0.05) is 35.6 Å². The van der Waals surface area contributed by atoms with Gasteiger partial charge in [0.2, 0.25) is 0 Å². The molecule has 1 aromatic rings. The van der Waals surface area contributed by atoms with Gasteiger partial charge in [-0.05, 0) is 19.8 Å². The predicted molar refractivity (Wildman–Crippen MR) is 87.9 cm³/mol. The van der Waals surface area contributed by atoms with Crippen LogP contribution in [0, 0.1) is 0 Å². The van der Waals surface area contributed by atoms with Crippen molar-refractivity contribution in [1.29, 1.82) is 0 Å². The smallest absolute Gasteiger partial charge is 0.149 e. The third-order valence-corrected chi connectivity index (χ3v) is 4.82. The van der Waals surface area contributed by atoms with Crippen molar-refractivity contribution in [3.8, 4) is 0 Å². The fraction of sp³-hybridized carbons (Fsp3) is 0.533. The number of nitrogens with zero attached hydrogens (tertiary/aromatic N) is 2. The van der Waals surface area contributed by atoms with E-state index in [9.17, 15) is 0 Å². The van der Waals surface area contributed by atoms with Crippen LogP contribution in [0.15, 0.2) is 40.3 Å². The largest absolute Gasteiger partial charge is 0.368 e. The minimum atomic E-state index is 0.467. The van der Waals surface area contributed by atoms with Crippen LogP contribution in [0.25, 0.3) is 0 Å². The Balaban J connectivity index is 2.51. The Morgan fingerprint density at radius 1 is 1.58 bits per heavy atom. The van der Waals surface area contributed by atoms with Gasteiger partial charge in [-0.1, -0.05) is 44.3 Å². The lowest BCUT2D eigenvalue weighted by Crippen LogP contribution is -2.33. The van der Waals surface area contributed by atoms with Crippen molar-refractivity contribution in [3.05, 3.63) is 36.0 Å². The summed E-state index contributed by atoms with van der Waals surface area (Å²) in [5, 5.41) is 2.03. The topological polar surface area (TPSA) is 16.1 Å². The number of hydrogen-bond acceptors (Lipinski definition) is 4. The second-order valence-corrected chi connectivity index (χ2v) is 6.62. The molecular formula is C15H24N2S2. The number of thioether (sulfide) groups is 1. The Morgan fingerprint density at radius 2 is 2.37 bits per heavy atom. The zero-order valence-electron chi connectivity index (χ0n) is 12.1. The molecule has 4 heteroatoms. The Hall–Kier alpha value is -0.740. The average molecular weight is 297 g/mol. The summed E-state index contributed by atoms with van der Waals surface area (Å²) in [4.78, 5) is 6.69. The van der Waals surface area contributed by atoms with Crippen molar-refractivity contribution in [1.82, 2.24) is 9.88 Å². The maximum Gasteiger partial charge on any atom is 0.149 e. The third-order valence-electron chi connectivity index (χ3n) is 2.87. The van der Waals surface area contributed by atoms with Gasteiger partial charge >= 0.3 is 0 Å². The van der Waals surface area contributed by atoms with E-state index >= 15 is 0 Å². The minimum Gasteiger partial charge on any atom is -0.368 e. The fourth-order valence-corrected chi connectivity index (χ4v) is 3.55. The first-order valence-electron chi connectivity index (χ1n) is 6.80. The molecule has 0 aromatic carbocycles. The predicted octanol–water partition coefficient (Wildman–Crippen LogP) is 4.82. The second kappa shape index (κ2) is 9.21. The van der Waals surface area contributed by atoms with Gasteiger partial charge < -0.3 is 4.90 Å². The van der Waals surface area contributed by atoms with E-state index in [0.717, 1.165) is 35.2 Å². The van der Waals surface area contributed by atoms with E-state index in [-0.39, 0.29) is 0 Å². The molecule has 0 N–H and O–H groups in total. The van der Waals surface area contributed by atoms with Gasteiger partial charge in [0.1, 0.15) is 4.34 Å². The number of aromatic nitrogens is 1. The van der Waals surface area contributed by atoms with Gasteiger partial charge in [-0.15, -0.1) is 11.3 Å². The number of thiazole rings is 1. The summed E-state index contributed by atoms with van der Waals surface area (Å²) in [6, 6.07) is 0.467. The summed E-state index contributed by atoms with van der Waals surface area (Å²) < 4.78 is 1.15. The molecule has 0 spiro atoms. The molecule has 0 aliphatic heterocycles. The fourth-order valence-electron chi connectivity index (χ4n) is 1.91. The Morgan fingerprint density at radius 3 is 2.89 bits per heavy atom. The molecule has 1 unspecified atom stereocenters. The molecular weight excluding hydrogens is 272 g/mol. The van der Waals surface area contributed by atoms with Crippen molar-refractivity contribution in [2.24, 2.45) is 0 Å². The first-order valence-corrected chi connectivity index (χ1v) is 8.66. The number of rotatable bonds is 9. The molecule has 1 atom stereocenters. The number of hydrogen-bond donors (Lipinski definition) is 0. The van der Waals surface area contributed by atoms with Gasteiger partial charge in [-0.25, -0.2) is 4.98 Å². The van der Waals surface area contributed by atoms with Crippen LogP contribution < -0.4 is 0 Å². The molecule has 0 bridgehead atoms. The van der Waals surface area contributed by atoms with Crippen LogP contribution >= 0.6 is 23.1 Å². The molecule has 19 heavy (non-hydrogen) atoms. The van der Waals surface area contributed by atoms with Crippen molar-refractivity contribution in [3.63, 3.8) is 0 Å². The molecule has 0 saturated heterocycles. The van der Waals surface area contributed by atoms with Crippen LogP contribution in [-0.4, -0.2) is 28.2 Å². The highest BCUT2D eigenvalue weighted by atomic mass is 32.2. The van der Waals surface area contributed by atoms with E-state index in [1.165, 1.54) is 0 Å². The highest BCUT2D eigenvalue weighted by molar-refractivity contribution is 8.01. The lowest BCUT2D eigenvalue weighted by atomic mass is 10.1. The summed E-state index contributed by atoms with van der Waals surface area (Å²) in [6.07, 6.45) is 8.63. The molecule has 0 aliphatic carbocycles. The highest BCUT2D eigenvalue weighted by Gasteiger charge is 2.13. The molecule has 1 aromatic heterocycles. The van der Waals surface area contributed by atoms with Crippen LogP contribution in [0.2, 0.25) is 0 Å². The third kappa shape index (κ3) is 5.83. The van der Waals surface area contributed by atoms with Crippen molar-refractivity contribution in [2.45, 2.75) is 44.0 Å². The van der Waals surface area contributed by atoms with Crippen LogP contribution in [0.5, 0.6) is 0 Å². The van der Waals surface area contributed by atoms with E-state index in [2.05, 4.69) is 49.4 Å². The molecule has 0 radical (unpaired) electrons. The summed E-state index contributed by atoms with van der Waals surface area (Å²) in [6.45, 7) is 11.6. The van der Waals surface area contributed by atoms with Crippen molar-refractivity contribution < 1.29 is 0 Å². The van der Waals surface area contributed by atoms with Gasteiger partial charge in [0.05, 0.1) is 0 Å². The van der Waals surface area contributed by atoms with Gasteiger partial charge in [0.25, 0.3) is 0 Å². The van der Waals surface area contributed by atoms with Gasteiger partial charge in [-0.2, -0.15) is 0 Å². The molecule has 0 fully saturated rings.